The van der Waals surface area contributed by atoms with Gasteiger partial charge in [0.05, 0.1) is 6.54 Å². The first-order valence-electron chi connectivity index (χ1n) is 7.01. The second kappa shape index (κ2) is 7.42. The van der Waals surface area contributed by atoms with E-state index in [0.29, 0.717) is 6.54 Å². The van der Waals surface area contributed by atoms with Gasteiger partial charge in [0.2, 0.25) is 0 Å². The summed E-state index contributed by atoms with van der Waals surface area (Å²) in [5, 5.41) is 15.9. The standard InChI is InChI=1S/C17H19BrN2O2/c1-17(22,14-7-9-15(18)10-8-14)12-20-16(21)19-11-13-5-3-2-4-6-13/h2-10,22H,11-12H2,1H3,(H2,19,20,21). The van der Waals surface area contributed by atoms with Crippen LogP contribution in [0.1, 0.15) is 18.1 Å². The Balaban J connectivity index is 1.83. The molecule has 5 heteroatoms. The molecule has 0 saturated heterocycles. The molecule has 0 bridgehead atoms. The third kappa shape index (κ3) is 4.86. The van der Waals surface area contributed by atoms with Crippen LogP contribution in [0.3, 0.4) is 0 Å². The maximum atomic E-state index is 11.8. The van der Waals surface area contributed by atoms with Crippen LogP contribution in [0.4, 0.5) is 4.79 Å². The van der Waals surface area contributed by atoms with E-state index in [1.165, 1.54) is 0 Å². The van der Waals surface area contributed by atoms with Crippen molar-refractivity contribution >= 4 is 22.0 Å². The summed E-state index contributed by atoms with van der Waals surface area (Å²) in [6.07, 6.45) is 0. The number of carbonyl (C=O) groups is 1. The minimum absolute atomic E-state index is 0.134. The molecule has 0 aliphatic rings. The van der Waals surface area contributed by atoms with Gasteiger partial charge in [0.1, 0.15) is 5.60 Å². The van der Waals surface area contributed by atoms with E-state index in [9.17, 15) is 9.90 Å². The molecule has 1 unspecified atom stereocenters. The number of carbonyl (C=O) groups excluding carboxylic acids is 1. The first-order chi connectivity index (χ1) is 10.5. The van der Waals surface area contributed by atoms with Crippen LogP contribution in [-0.2, 0) is 12.1 Å². The Morgan fingerprint density at radius 3 is 2.36 bits per heavy atom. The van der Waals surface area contributed by atoms with Gasteiger partial charge in [-0.25, -0.2) is 4.79 Å². The Kier molecular flexibility index (Phi) is 5.57. The number of hydrogen-bond donors (Lipinski definition) is 3. The molecule has 2 aromatic rings. The molecule has 116 valence electrons. The largest absolute Gasteiger partial charge is 0.384 e. The molecule has 3 N–H and O–H groups in total. The Bertz CT molecular complexity index is 612. The van der Waals surface area contributed by atoms with Crippen LogP contribution < -0.4 is 10.6 Å². The molecule has 1 atom stereocenters. The van der Waals surface area contributed by atoms with E-state index in [1.54, 1.807) is 6.92 Å². The van der Waals surface area contributed by atoms with Crippen LogP contribution in [-0.4, -0.2) is 17.7 Å². The molecule has 0 fully saturated rings. The summed E-state index contributed by atoms with van der Waals surface area (Å²) >= 11 is 3.36. The second-order valence-electron chi connectivity index (χ2n) is 5.30. The predicted molar refractivity (Wildman–Crippen MR) is 90.4 cm³/mol. The highest BCUT2D eigenvalue weighted by molar-refractivity contribution is 9.10. The third-order valence-corrected chi connectivity index (χ3v) is 3.88. The van der Waals surface area contributed by atoms with E-state index in [4.69, 9.17) is 0 Å². The highest BCUT2D eigenvalue weighted by atomic mass is 79.9. The smallest absolute Gasteiger partial charge is 0.315 e. The zero-order chi connectivity index (χ0) is 16.0. The molecule has 2 aromatic carbocycles. The maximum absolute atomic E-state index is 11.8. The van der Waals surface area contributed by atoms with Gasteiger partial charge in [0.15, 0.2) is 0 Å². The van der Waals surface area contributed by atoms with Gasteiger partial charge >= 0.3 is 6.03 Å². The molecule has 0 saturated carbocycles. The van der Waals surface area contributed by atoms with Crippen LogP contribution in [0.2, 0.25) is 0 Å². The van der Waals surface area contributed by atoms with Crippen LogP contribution in [0.25, 0.3) is 0 Å². The molecular weight excluding hydrogens is 344 g/mol. The summed E-state index contributed by atoms with van der Waals surface area (Å²) < 4.78 is 0.945. The molecule has 0 aromatic heterocycles. The molecule has 0 aliphatic heterocycles. The Morgan fingerprint density at radius 2 is 1.73 bits per heavy atom. The quantitative estimate of drug-likeness (QED) is 0.764. The van der Waals surface area contributed by atoms with E-state index in [1.807, 2.05) is 54.6 Å². The molecule has 22 heavy (non-hydrogen) atoms. The topological polar surface area (TPSA) is 61.4 Å². The van der Waals surface area contributed by atoms with E-state index >= 15 is 0 Å². The predicted octanol–water partition coefficient (Wildman–Crippen LogP) is 3.16. The van der Waals surface area contributed by atoms with Gasteiger partial charge in [-0.2, -0.15) is 0 Å². The number of urea groups is 1. The van der Waals surface area contributed by atoms with E-state index in [2.05, 4.69) is 26.6 Å². The number of halogens is 1. The van der Waals surface area contributed by atoms with Crippen molar-refractivity contribution in [3.05, 3.63) is 70.2 Å². The van der Waals surface area contributed by atoms with Crippen molar-refractivity contribution in [1.82, 2.24) is 10.6 Å². The number of hydrogen-bond acceptors (Lipinski definition) is 2. The zero-order valence-electron chi connectivity index (χ0n) is 12.3. The van der Waals surface area contributed by atoms with E-state index < -0.39 is 5.60 Å². The SMILES string of the molecule is CC(O)(CNC(=O)NCc1ccccc1)c1ccc(Br)cc1. The fourth-order valence-electron chi connectivity index (χ4n) is 2.00. The fourth-order valence-corrected chi connectivity index (χ4v) is 2.27. The summed E-state index contributed by atoms with van der Waals surface area (Å²) in [6, 6.07) is 16.7. The molecule has 0 radical (unpaired) electrons. The minimum atomic E-state index is -1.12. The Labute approximate surface area is 138 Å². The molecule has 2 rings (SSSR count). The van der Waals surface area contributed by atoms with Crippen molar-refractivity contribution < 1.29 is 9.90 Å². The number of amides is 2. The lowest BCUT2D eigenvalue weighted by molar-refractivity contribution is 0.0593. The van der Waals surface area contributed by atoms with Gasteiger partial charge in [-0.3, -0.25) is 0 Å². The highest BCUT2D eigenvalue weighted by Crippen LogP contribution is 2.21. The van der Waals surface area contributed by atoms with Gasteiger partial charge in [0.25, 0.3) is 0 Å². The fraction of sp³-hybridized carbons (Fsp3) is 0.235. The van der Waals surface area contributed by atoms with Gasteiger partial charge in [-0.1, -0.05) is 58.4 Å². The maximum Gasteiger partial charge on any atom is 0.315 e. The summed E-state index contributed by atoms with van der Waals surface area (Å²) in [4.78, 5) is 11.8. The van der Waals surface area contributed by atoms with Gasteiger partial charge in [0, 0.05) is 11.0 Å². The average Bonchev–Trinajstić information content (AvgIpc) is 2.52. The lowest BCUT2D eigenvalue weighted by Gasteiger charge is -2.24. The van der Waals surface area contributed by atoms with Gasteiger partial charge in [-0.05, 0) is 30.2 Å². The minimum Gasteiger partial charge on any atom is -0.384 e. The van der Waals surface area contributed by atoms with E-state index in [0.717, 1.165) is 15.6 Å². The number of aliphatic hydroxyl groups is 1. The molecule has 4 nitrogen and oxygen atoms in total. The van der Waals surface area contributed by atoms with Crippen molar-refractivity contribution in [1.29, 1.82) is 0 Å². The lowest BCUT2D eigenvalue weighted by Crippen LogP contribution is -2.43. The normalized spacial score (nSPS) is 13.2. The first-order valence-corrected chi connectivity index (χ1v) is 7.81. The number of nitrogens with one attached hydrogen (secondary N) is 2. The van der Waals surface area contributed by atoms with Crippen molar-refractivity contribution in [2.75, 3.05) is 6.54 Å². The summed E-state index contributed by atoms with van der Waals surface area (Å²) in [5.41, 5.74) is 0.654. The molecule has 0 aliphatic carbocycles. The van der Waals surface area contributed by atoms with Crippen molar-refractivity contribution in [2.24, 2.45) is 0 Å². The summed E-state index contributed by atoms with van der Waals surface area (Å²) in [7, 11) is 0. The second-order valence-corrected chi connectivity index (χ2v) is 6.22. The monoisotopic (exact) mass is 362 g/mol. The van der Waals surface area contributed by atoms with Crippen molar-refractivity contribution in [2.45, 2.75) is 19.1 Å². The Hall–Kier alpha value is -1.85. The third-order valence-electron chi connectivity index (χ3n) is 3.36. The average molecular weight is 363 g/mol. The Morgan fingerprint density at radius 1 is 1.09 bits per heavy atom. The molecule has 0 heterocycles. The summed E-state index contributed by atoms with van der Waals surface area (Å²) in [5.74, 6) is 0. The van der Waals surface area contributed by atoms with Gasteiger partial charge < -0.3 is 15.7 Å². The van der Waals surface area contributed by atoms with Crippen LogP contribution in [0.15, 0.2) is 59.1 Å². The highest BCUT2D eigenvalue weighted by Gasteiger charge is 2.23. The first kappa shape index (κ1) is 16.5. The lowest BCUT2D eigenvalue weighted by atomic mass is 9.96. The zero-order valence-corrected chi connectivity index (χ0v) is 13.9. The molecular formula is C17H19BrN2O2. The van der Waals surface area contributed by atoms with Crippen LogP contribution >= 0.6 is 15.9 Å². The molecule has 0 spiro atoms. The number of benzene rings is 2. The van der Waals surface area contributed by atoms with Gasteiger partial charge in [-0.15, -0.1) is 0 Å². The van der Waals surface area contributed by atoms with Crippen molar-refractivity contribution in [3.8, 4) is 0 Å². The van der Waals surface area contributed by atoms with Crippen LogP contribution in [0.5, 0.6) is 0 Å². The summed E-state index contributed by atoms with van der Waals surface area (Å²) in [6.45, 7) is 2.26. The van der Waals surface area contributed by atoms with Crippen LogP contribution in [0, 0.1) is 0 Å². The molecule has 2 amide bonds. The van der Waals surface area contributed by atoms with E-state index in [-0.39, 0.29) is 12.6 Å². The van der Waals surface area contributed by atoms with Crippen molar-refractivity contribution in [3.63, 3.8) is 0 Å². The number of rotatable bonds is 5.